The normalized spacial score (nSPS) is 13.0. The highest BCUT2D eigenvalue weighted by Gasteiger charge is 2.09. The smallest absolute Gasteiger partial charge is 0.0822 e. The largest absolute Gasteiger partial charge is 0.379 e. The zero-order chi connectivity index (χ0) is 11.8. The lowest BCUT2D eigenvalue weighted by molar-refractivity contribution is 0.0711. The number of ether oxygens (including phenoxy) is 1. The molecule has 3 heteroatoms. The third-order valence-electron chi connectivity index (χ3n) is 2.58. The molecule has 0 radical (unpaired) electrons. The zero-order valence-electron chi connectivity index (χ0n) is 10.4. The number of nitrogens with zero attached hydrogens (tertiary/aromatic N) is 1. The molecule has 0 saturated carbocycles. The fourth-order valence-electron chi connectivity index (χ4n) is 1.76. The van der Waals surface area contributed by atoms with Crippen molar-refractivity contribution in [3.8, 4) is 0 Å². The van der Waals surface area contributed by atoms with Crippen molar-refractivity contribution in [1.29, 1.82) is 0 Å². The maximum absolute atomic E-state index is 5.39. The van der Waals surface area contributed by atoms with Crippen LogP contribution >= 0.6 is 0 Å². The molecule has 0 aliphatic heterocycles. The van der Waals surface area contributed by atoms with Gasteiger partial charge < -0.3 is 10.1 Å². The lowest BCUT2D eigenvalue weighted by atomic mass is 10.2. The average molecular weight is 222 g/mol. The Morgan fingerprint density at radius 1 is 1.31 bits per heavy atom. The maximum Gasteiger partial charge on any atom is 0.0822 e. The lowest BCUT2D eigenvalue weighted by Crippen LogP contribution is -2.36. The summed E-state index contributed by atoms with van der Waals surface area (Å²) in [6.07, 6.45) is 0.249. The fraction of sp³-hybridized carbons (Fsp3) is 0.538. The van der Waals surface area contributed by atoms with Crippen LogP contribution in [-0.2, 0) is 11.3 Å². The van der Waals surface area contributed by atoms with Crippen molar-refractivity contribution in [2.75, 3.05) is 34.3 Å². The molecule has 0 fully saturated rings. The summed E-state index contributed by atoms with van der Waals surface area (Å²) >= 11 is 0. The van der Waals surface area contributed by atoms with Gasteiger partial charge in [-0.25, -0.2) is 0 Å². The Morgan fingerprint density at radius 2 is 2.00 bits per heavy atom. The summed E-state index contributed by atoms with van der Waals surface area (Å²) in [5, 5.41) is 3.14. The molecule has 16 heavy (non-hydrogen) atoms. The molecule has 0 aliphatic rings. The van der Waals surface area contributed by atoms with Crippen molar-refractivity contribution in [3.63, 3.8) is 0 Å². The van der Waals surface area contributed by atoms with Gasteiger partial charge in [-0.05, 0) is 19.7 Å². The van der Waals surface area contributed by atoms with E-state index in [0.29, 0.717) is 0 Å². The second kappa shape index (κ2) is 7.39. The molecule has 1 aromatic carbocycles. The first kappa shape index (κ1) is 13.2. The Kier molecular flexibility index (Phi) is 6.08. The van der Waals surface area contributed by atoms with Crippen LogP contribution < -0.4 is 5.32 Å². The van der Waals surface area contributed by atoms with Crippen LogP contribution in [0.25, 0.3) is 0 Å². The minimum atomic E-state index is 0.249. The van der Waals surface area contributed by atoms with Gasteiger partial charge in [0.15, 0.2) is 0 Å². The highest BCUT2D eigenvalue weighted by Crippen LogP contribution is 2.03. The van der Waals surface area contributed by atoms with Crippen molar-refractivity contribution >= 4 is 0 Å². The van der Waals surface area contributed by atoms with Crippen LogP contribution in [0.15, 0.2) is 30.3 Å². The molecule has 0 saturated heterocycles. The summed E-state index contributed by atoms with van der Waals surface area (Å²) < 4.78 is 5.39. The molecular formula is C13H22N2O. The first-order valence-electron chi connectivity index (χ1n) is 5.66. The van der Waals surface area contributed by atoms with Gasteiger partial charge in [-0.15, -0.1) is 0 Å². The predicted molar refractivity (Wildman–Crippen MR) is 67.5 cm³/mol. The Balaban J connectivity index is 2.37. The van der Waals surface area contributed by atoms with Crippen molar-refractivity contribution in [2.24, 2.45) is 0 Å². The number of nitrogens with one attached hydrogen (secondary N) is 1. The second-order valence-electron chi connectivity index (χ2n) is 4.10. The second-order valence-corrected chi connectivity index (χ2v) is 4.10. The van der Waals surface area contributed by atoms with Crippen molar-refractivity contribution in [3.05, 3.63) is 35.9 Å². The van der Waals surface area contributed by atoms with Crippen LogP contribution in [0.5, 0.6) is 0 Å². The van der Waals surface area contributed by atoms with E-state index in [1.54, 1.807) is 7.11 Å². The standard InChI is InChI=1S/C13H22N2O/c1-14-9-13(16-3)11-15(2)10-12-7-5-4-6-8-12/h4-8,13-14H,9-11H2,1-3H3. The predicted octanol–water partition coefficient (Wildman–Crippen LogP) is 1.35. The van der Waals surface area contributed by atoms with E-state index < -0.39 is 0 Å². The monoisotopic (exact) mass is 222 g/mol. The molecule has 0 amide bonds. The number of hydrogen-bond donors (Lipinski definition) is 1. The molecule has 90 valence electrons. The molecule has 1 unspecified atom stereocenters. The van der Waals surface area contributed by atoms with Crippen LogP contribution in [0.4, 0.5) is 0 Å². The quantitative estimate of drug-likeness (QED) is 0.754. The molecule has 0 spiro atoms. The third-order valence-corrected chi connectivity index (χ3v) is 2.58. The summed E-state index contributed by atoms with van der Waals surface area (Å²) in [7, 11) is 5.83. The molecule has 1 atom stereocenters. The van der Waals surface area contributed by atoms with Gasteiger partial charge in [-0.2, -0.15) is 0 Å². The zero-order valence-corrected chi connectivity index (χ0v) is 10.4. The Bertz CT molecular complexity index is 277. The van der Waals surface area contributed by atoms with Crippen LogP contribution in [0, 0.1) is 0 Å². The van der Waals surface area contributed by atoms with Crippen LogP contribution in [-0.4, -0.2) is 45.3 Å². The topological polar surface area (TPSA) is 24.5 Å². The molecule has 1 N–H and O–H groups in total. The number of hydrogen-bond acceptors (Lipinski definition) is 3. The van der Waals surface area contributed by atoms with E-state index in [4.69, 9.17) is 4.74 Å². The number of likely N-dealkylation sites (N-methyl/N-ethyl adjacent to an activating group) is 2. The van der Waals surface area contributed by atoms with Crippen LogP contribution in [0.1, 0.15) is 5.56 Å². The Morgan fingerprint density at radius 3 is 2.56 bits per heavy atom. The van der Waals surface area contributed by atoms with Gasteiger partial charge in [-0.1, -0.05) is 30.3 Å². The van der Waals surface area contributed by atoms with Gasteiger partial charge >= 0.3 is 0 Å². The minimum absolute atomic E-state index is 0.249. The van der Waals surface area contributed by atoms with Gasteiger partial charge in [0.1, 0.15) is 0 Å². The van der Waals surface area contributed by atoms with Gasteiger partial charge in [0.25, 0.3) is 0 Å². The molecule has 0 aromatic heterocycles. The summed E-state index contributed by atoms with van der Waals surface area (Å²) in [5.74, 6) is 0. The number of methoxy groups -OCH3 is 1. The van der Waals surface area contributed by atoms with E-state index in [1.807, 2.05) is 13.1 Å². The maximum atomic E-state index is 5.39. The van der Waals surface area contributed by atoms with Gasteiger partial charge in [-0.3, -0.25) is 4.90 Å². The van der Waals surface area contributed by atoms with Crippen LogP contribution in [0.2, 0.25) is 0 Å². The highest BCUT2D eigenvalue weighted by molar-refractivity contribution is 5.14. The first-order chi connectivity index (χ1) is 7.76. The summed E-state index contributed by atoms with van der Waals surface area (Å²) in [6.45, 7) is 2.78. The number of benzene rings is 1. The van der Waals surface area contributed by atoms with E-state index in [1.165, 1.54) is 5.56 Å². The summed E-state index contributed by atoms with van der Waals surface area (Å²) in [4.78, 5) is 2.28. The van der Waals surface area contributed by atoms with Gasteiger partial charge in [0.2, 0.25) is 0 Å². The van der Waals surface area contributed by atoms with Crippen molar-refractivity contribution in [2.45, 2.75) is 12.6 Å². The molecule has 0 bridgehead atoms. The first-order valence-corrected chi connectivity index (χ1v) is 5.66. The van der Waals surface area contributed by atoms with E-state index in [0.717, 1.165) is 19.6 Å². The van der Waals surface area contributed by atoms with Crippen molar-refractivity contribution in [1.82, 2.24) is 10.2 Å². The van der Waals surface area contributed by atoms with Crippen molar-refractivity contribution < 1.29 is 4.74 Å². The average Bonchev–Trinajstić information content (AvgIpc) is 2.29. The Hall–Kier alpha value is -0.900. The number of rotatable bonds is 7. The van der Waals surface area contributed by atoms with E-state index in [9.17, 15) is 0 Å². The minimum Gasteiger partial charge on any atom is -0.379 e. The van der Waals surface area contributed by atoms with Gasteiger partial charge in [0, 0.05) is 26.7 Å². The SMILES string of the molecule is CNCC(CN(C)Cc1ccccc1)OC. The summed E-state index contributed by atoms with van der Waals surface area (Å²) in [6, 6.07) is 10.5. The van der Waals surface area contributed by atoms with Crippen LogP contribution in [0.3, 0.4) is 0 Å². The molecule has 3 nitrogen and oxygen atoms in total. The van der Waals surface area contributed by atoms with Gasteiger partial charge in [0.05, 0.1) is 6.10 Å². The molecular weight excluding hydrogens is 200 g/mol. The molecule has 0 heterocycles. The highest BCUT2D eigenvalue weighted by atomic mass is 16.5. The summed E-state index contributed by atoms with van der Waals surface area (Å²) in [5.41, 5.74) is 1.34. The fourth-order valence-corrected chi connectivity index (χ4v) is 1.76. The molecule has 0 aliphatic carbocycles. The lowest BCUT2D eigenvalue weighted by Gasteiger charge is -2.22. The van der Waals surface area contributed by atoms with E-state index in [2.05, 4.69) is 41.5 Å². The molecule has 1 aromatic rings. The molecule has 1 rings (SSSR count). The van der Waals surface area contributed by atoms with E-state index in [-0.39, 0.29) is 6.10 Å². The Labute approximate surface area is 98.4 Å². The van der Waals surface area contributed by atoms with E-state index >= 15 is 0 Å². The third kappa shape index (κ3) is 4.75.